The summed E-state index contributed by atoms with van der Waals surface area (Å²) in [5, 5.41) is 5.04. The van der Waals surface area contributed by atoms with E-state index >= 15 is 0 Å². The Morgan fingerprint density at radius 2 is 1.50 bits per heavy atom. The molecule has 4 aromatic carbocycles. The fourth-order valence-corrected chi connectivity index (χ4v) is 3.90. The molecule has 4 nitrogen and oxygen atoms in total. The minimum Gasteiger partial charge on any atom is -0.493 e. The lowest BCUT2D eigenvalue weighted by Gasteiger charge is -2.17. The lowest BCUT2D eigenvalue weighted by Crippen LogP contribution is -2.26. The van der Waals surface area contributed by atoms with Crippen LogP contribution in [-0.2, 0) is 0 Å². The molecule has 0 aliphatic heterocycles. The van der Waals surface area contributed by atoms with Crippen LogP contribution in [0.3, 0.4) is 0 Å². The van der Waals surface area contributed by atoms with Crippen LogP contribution in [0, 0.1) is 6.92 Å². The predicted molar refractivity (Wildman–Crippen MR) is 130 cm³/mol. The van der Waals surface area contributed by atoms with Crippen molar-refractivity contribution in [1.82, 2.24) is 5.32 Å². The topological polar surface area (TPSA) is 47.6 Å². The first-order valence-electron chi connectivity index (χ1n) is 10.6. The number of fused-ring (bicyclic) bond motifs is 1. The number of benzene rings is 4. The SMILES string of the molecule is COc1cc2cc(C(=O)NC(C)c3ccccc3)cc(-c3ccc(C)cc3)c2cc1OC. The maximum Gasteiger partial charge on any atom is 0.251 e. The van der Waals surface area contributed by atoms with Gasteiger partial charge in [-0.05, 0) is 65.6 Å². The number of carbonyl (C=O) groups excluding carboxylic acids is 1. The minimum atomic E-state index is -0.119. The maximum atomic E-state index is 13.2. The van der Waals surface area contributed by atoms with Gasteiger partial charge in [-0.25, -0.2) is 0 Å². The highest BCUT2D eigenvalue weighted by Crippen LogP contribution is 2.38. The maximum absolute atomic E-state index is 13.2. The van der Waals surface area contributed by atoms with Gasteiger partial charge in [0.05, 0.1) is 20.3 Å². The molecule has 0 bridgehead atoms. The minimum absolute atomic E-state index is 0.104. The number of ether oxygens (including phenoxy) is 2. The van der Waals surface area contributed by atoms with Gasteiger partial charge in [-0.15, -0.1) is 0 Å². The summed E-state index contributed by atoms with van der Waals surface area (Å²) in [6.07, 6.45) is 0. The summed E-state index contributed by atoms with van der Waals surface area (Å²) < 4.78 is 11.0. The van der Waals surface area contributed by atoms with E-state index < -0.39 is 0 Å². The van der Waals surface area contributed by atoms with E-state index in [0.717, 1.165) is 27.5 Å². The molecule has 0 heterocycles. The van der Waals surface area contributed by atoms with Crippen molar-refractivity contribution >= 4 is 16.7 Å². The van der Waals surface area contributed by atoms with Crippen LogP contribution in [0.5, 0.6) is 11.5 Å². The number of hydrogen-bond acceptors (Lipinski definition) is 3. The Hall–Kier alpha value is -3.79. The van der Waals surface area contributed by atoms with Gasteiger partial charge in [-0.2, -0.15) is 0 Å². The smallest absolute Gasteiger partial charge is 0.251 e. The summed E-state index contributed by atoms with van der Waals surface area (Å²) in [5.41, 5.74) is 4.86. The zero-order valence-corrected chi connectivity index (χ0v) is 18.8. The average Bonchev–Trinajstić information content (AvgIpc) is 2.83. The Bertz CT molecular complexity index is 1250. The van der Waals surface area contributed by atoms with Gasteiger partial charge in [-0.3, -0.25) is 4.79 Å². The summed E-state index contributed by atoms with van der Waals surface area (Å²) in [5.74, 6) is 1.17. The normalized spacial score (nSPS) is 11.8. The van der Waals surface area contributed by atoms with Crippen molar-refractivity contribution in [3.63, 3.8) is 0 Å². The van der Waals surface area contributed by atoms with Crippen LogP contribution in [0.2, 0.25) is 0 Å². The van der Waals surface area contributed by atoms with Gasteiger partial charge >= 0.3 is 0 Å². The fourth-order valence-electron chi connectivity index (χ4n) is 3.90. The molecule has 1 unspecified atom stereocenters. The fraction of sp³-hybridized carbons (Fsp3) is 0.179. The first kappa shape index (κ1) is 21.4. The van der Waals surface area contributed by atoms with Gasteiger partial charge in [0.25, 0.3) is 5.91 Å². The molecule has 4 heteroatoms. The van der Waals surface area contributed by atoms with Crippen LogP contribution in [0.25, 0.3) is 21.9 Å². The third-order valence-corrected chi connectivity index (χ3v) is 5.73. The lowest BCUT2D eigenvalue weighted by atomic mass is 9.94. The highest BCUT2D eigenvalue weighted by atomic mass is 16.5. The number of amides is 1. The summed E-state index contributed by atoms with van der Waals surface area (Å²) >= 11 is 0. The molecule has 0 aromatic heterocycles. The Labute approximate surface area is 188 Å². The predicted octanol–water partition coefficient (Wildman–Crippen LogP) is 6.32. The lowest BCUT2D eigenvalue weighted by molar-refractivity contribution is 0.0940. The number of methoxy groups -OCH3 is 2. The van der Waals surface area contributed by atoms with Crippen LogP contribution >= 0.6 is 0 Å². The van der Waals surface area contributed by atoms with Crippen LogP contribution < -0.4 is 14.8 Å². The molecule has 0 saturated heterocycles. The van der Waals surface area contributed by atoms with Gasteiger partial charge in [-0.1, -0.05) is 60.2 Å². The van der Waals surface area contributed by atoms with Crippen LogP contribution in [0.1, 0.15) is 34.5 Å². The first-order chi connectivity index (χ1) is 15.5. The van der Waals surface area contributed by atoms with E-state index in [1.54, 1.807) is 14.2 Å². The van der Waals surface area contributed by atoms with E-state index in [9.17, 15) is 4.79 Å². The first-order valence-corrected chi connectivity index (χ1v) is 10.6. The van der Waals surface area contributed by atoms with E-state index in [0.29, 0.717) is 17.1 Å². The van der Waals surface area contributed by atoms with Crippen molar-refractivity contribution in [2.24, 2.45) is 0 Å². The number of carbonyl (C=O) groups is 1. The molecule has 0 radical (unpaired) electrons. The van der Waals surface area contributed by atoms with Gasteiger partial charge in [0, 0.05) is 5.56 Å². The van der Waals surface area contributed by atoms with Crippen molar-refractivity contribution in [2.75, 3.05) is 14.2 Å². The van der Waals surface area contributed by atoms with E-state index in [4.69, 9.17) is 9.47 Å². The van der Waals surface area contributed by atoms with Gasteiger partial charge in [0.15, 0.2) is 11.5 Å². The molecular weight excluding hydrogens is 398 g/mol. The molecular formula is C28H27NO3. The largest absolute Gasteiger partial charge is 0.493 e. The van der Waals surface area contributed by atoms with E-state index in [1.807, 2.05) is 61.5 Å². The molecule has 162 valence electrons. The van der Waals surface area contributed by atoms with Crippen molar-refractivity contribution in [1.29, 1.82) is 0 Å². The number of aryl methyl sites for hydroxylation is 1. The third kappa shape index (κ3) is 4.30. The van der Waals surface area contributed by atoms with E-state index in [2.05, 4.69) is 36.5 Å². The van der Waals surface area contributed by atoms with Crippen LogP contribution in [0.15, 0.2) is 78.9 Å². The second kappa shape index (κ2) is 9.15. The summed E-state index contributed by atoms with van der Waals surface area (Å²) in [6.45, 7) is 4.05. The second-order valence-corrected chi connectivity index (χ2v) is 7.92. The van der Waals surface area contributed by atoms with Gasteiger partial charge in [0.2, 0.25) is 0 Å². The number of hydrogen-bond donors (Lipinski definition) is 1. The van der Waals surface area contributed by atoms with Crippen LogP contribution in [-0.4, -0.2) is 20.1 Å². The Kier molecular flexibility index (Phi) is 6.13. The van der Waals surface area contributed by atoms with E-state index in [1.165, 1.54) is 5.56 Å². The highest BCUT2D eigenvalue weighted by molar-refractivity contribution is 6.05. The Morgan fingerprint density at radius 3 is 2.16 bits per heavy atom. The van der Waals surface area contributed by atoms with E-state index in [-0.39, 0.29) is 11.9 Å². The summed E-state index contributed by atoms with van der Waals surface area (Å²) in [6, 6.07) is 25.9. The molecule has 0 aliphatic rings. The van der Waals surface area contributed by atoms with Crippen LogP contribution in [0.4, 0.5) is 0 Å². The highest BCUT2D eigenvalue weighted by Gasteiger charge is 2.17. The number of rotatable bonds is 6. The molecule has 1 amide bonds. The summed E-state index contributed by atoms with van der Waals surface area (Å²) in [4.78, 5) is 13.2. The van der Waals surface area contributed by atoms with Crippen molar-refractivity contribution in [3.8, 4) is 22.6 Å². The molecule has 0 saturated carbocycles. The molecule has 1 atom stereocenters. The van der Waals surface area contributed by atoms with Gasteiger partial charge in [0.1, 0.15) is 0 Å². The third-order valence-electron chi connectivity index (χ3n) is 5.73. The molecule has 1 N–H and O–H groups in total. The Balaban J connectivity index is 1.82. The molecule has 32 heavy (non-hydrogen) atoms. The number of nitrogens with one attached hydrogen (secondary N) is 1. The molecule has 4 rings (SSSR count). The second-order valence-electron chi connectivity index (χ2n) is 7.92. The zero-order chi connectivity index (χ0) is 22.7. The summed E-state index contributed by atoms with van der Waals surface area (Å²) in [7, 11) is 3.24. The average molecular weight is 426 g/mol. The molecule has 0 spiro atoms. The molecule has 0 fully saturated rings. The van der Waals surface area contributed by atoms with Gasteiger partial charge < -0.3 is 14.8 Å². The standard InChI is InChI=1S/C28H27NO3/c1-18-10-12-21(13-11-18)24-15-23(28(30)29-19(2)20-8-6-5-7-9-20)14-22-16-26(31-3)27(32-4)17-25(22)24/h5-17,19H,1-4H3,(H,29,30). The quantitative estimate of drug-likeness (QED) is 0.393. The zero-order valence-electron chi connectivity index (χ0n) is 18.8. The monoisotopic (exact) mass is 425 g/mol. The Morgan fingerprint density at radius 1 is 0.844 bits per heavy atom. The molecule has 0 aliphatic carbocycles. The van der Waals surface area contributed by atoms with Crippen molar-refractivity contribution in [2.45, 2.75) is 19.9 Å². The van der Waals surface area contributed by atoms with Crippen molar-refractivity contribution < 1.29 is 14.3 Å². The molecule has 4 aromatic rings. The van der Waals surface area contributed by atoms with Crippen molar-refractivity contribution in [3.05, 3.63) is 95.6 Å².